The molecular formula is C28H26N6O3. The van der Waals surface area contributed by atoms with E-state index in [4.69, 9.17) is 4.74 Å². The lowest BCUT2D eigenvalue weighted by Crippen LogP contribution is -2.44. The number of pyridine rings is 2. The first-order valence-electron chi connectivity index (χ1n) is 12.4. The molecule has 0 saturated heterocycles. The molecule has 4 heterocycles. The van der Waals surface area contributed by atoms with E-state index >= 15 is 0 Å². The number of rotatable bonds is 7. The number of fused-ring (bicyclic) bond motifs is 2. The highest BCUT2D eigenvalue weighted by Crippen LogP contribution is 2.37. The minimum atomic E-state index is -0.165. The number of hydrogen-bond donors (Lipinski definition) is 2. The molecule has 0 spiro atoms. The molecule has 1 atom stereocenters. The van der Waals surface area contributed by atoms with E-state index in [0.717, 1.165) is 30.3 Å². The molecule has 1 aliphatic carbocycles. The highest BCUT2D eigenvalue weighted by molar-refractivity contribution is 5.93. The number of nitrogens with zero attached hydrogens (tertiary/aromatic N) is 4. The third kappa shape index (κ3) is 4.55. The van der Waals surface area contributed by atoms with Crippen molar-refractivity contribution in [1.82, 2.24) is 29.9 Å². The Labute approximate surface area is 212 Å². The number of carbonyl (C=O) groups excluding carboxylic acids is 1. The van der Waals surface area contributed by atoms with Crippen molar-refractivity contribution in [3.8, 4) is 11.6 Å². The van der Waals surface area contributed by atoms with Gasteiger partial charge in [-0.1, -0.05) is 31.2 Å². The van der Waals surface area contributed by atoms with Gasteiger partial charge in [0.25, 0.3) is 11.5 Å². The number of aromatic amines is 1. The number of carbonyl (C=O) groups is 1. The summed E-state index contributed by atoms with van der Waals surface area (Å²) in [4.78, 5) is 33.6. The molecule has 2 N–H and O–H groups in total. The van der Waals surface area contributed by atoms with E-state index < -0.39 is 0 Å². The Morgan fingerprint density at radius 2 is 1.95 bits per heavy atom. The Morgan fingerprint density at radius 3 is 2.76 bits per heavy atom. The van der Waals surface area contributed by atoms with Crippen molar-refractivity contribution in [3.05, 3.63) is 94.9 Å². The van der Waals surface area contributed by atoms with Crippen LogP contribution in [0.15, 0.2) is 78.0 Å². The molecule has 0 bridgehead atoms. The van der Waals surface area contributed by atoms with Gasteiger partial charge >= 0.3 is 0 Å². The molecule has 1 fully saturated rings. The van der Waals surface area contributed by atoms with Crippen molar-refractivity contribution in [2.24, 2.45) is 5.92 Å². The first-order chi connectivity index (χ1) is 18.0. The molecule has 1 saturated carbocycles. The second-order valence-electron chi connectivity index (χ2n) is 9.63. The first kappa shape index (κ1) is 22.9. The summed E-state index contributed by atoms with van der Waals surface area (Å²) in [6.45, 7) is 2.14. The van der Waals surface area contributed by atoms with Gasteiger partial charge in [0, 0.05) is 41.9 Å². The van der Waals surface area contributed by atoms with Crippen LogP contribution in [0.3, 0.4) is 0 Å². The third-order valence-corrected chi connectivity index (χ3v) is 7.03. The summed E-state index contributed by atoms with van der Waals surface area (Å²) >= 11 is 0. The Balaban J connectivity index is 1.06. The van der Waals surface area contributed by atoms with Crippen LogP contribution in [0.4, 0.5) is 0 Å². The van der Waals surface area contributed by atoms with Crippen molar-refractivity contribution in [2.45, 2.75) is 38.1 Å². The summed E-state index contributed by atoms with van der Waals surface area (Å²) < 4.78 is 7.52. The third-order valence-electron chi connectivity index (χ3n) is 7.03. The van der Waals surface area contributed by atoms with E-state index in [2.05, 4.69) is 32.4 Å². The number of amides is 1. The summed E-state index contributed by atoms with van der Waals surface area (Å²) in [5.41, 5.74) is 1.86. The second-order valence-corrected chi connectivity index (χ2v) is 9.63. The van der Waals surface area contributed by atoms with Gasteiger partial charge in [0.15, 0.2) is 0 Å². The van der Waals surface area contributed by atoms with E-state index in [0.29, 0.717) is 34.3 Å². The van der Waals surface area contributed by atoms with Crippen molar-refractivity contribution >= 4 is 22.3 Å². The van der Waals surface area contributed by atoms with Crippen molar-refractivity contribution in [2.75, 3.05) is 0 Å². The smallest absolute Gasteiger partial charge is 0.272 e. The van der Waals surface area contributed by atoms with Crippen molar-refractivity contribution < 1.29 is 9.53 Å². The molecule has 37 heavy (non-hydrogen) atoms. The monoisotopic (exact) mass is 494 g/mol. The molecule has 1 aromatic carbocycles. The van der Waals surface area contributed by atoms with E-state index in [1.807, 2.05) is 36.4 Å². The zero-order valence-electron chi connectivity index (χ0n) is 20.3. The molecule has 6 rings (SSSR count). The van der Waals surface area contributed by atoms with Gasteiger partial charge in [0.2, 0.25) is 5.88 Å². The Morgan fingerprint density at radius 1 is 1.14 bits per heavy atom. The van der Waals surface area contributed by atoms with Gasteiger partial charge in [0.05, 0.1) is 17.3 Å². The van der Waals surface area contributed by atoms with Crippen LogP contribution in [0.1, 0.15) is 48.3 Å². The molecule has 1 aliphatic rings. The van der Waals surface area contributed by atoms with Crippen molar-refractivity contribution in [3.63, 3.8) is 0 Å². The van der Waals surface area contributed by atoms with Crippen LogP contribution in [-0.4, -0.2) is 36.5 Å². The van der Waals surface area contributed by atoms with E-state index in [1.54, 1.807) is 41.2 Å². The molecule has 9 heteroatoms. The predicted molar refractivity (Wildman–Crippen MR) is 139 cm³/mol. The molecule has 0 unspecified atom stereocenters. The van der Waals surface area contributed by atoms with Crippen LogP contribution in [-0.2, 0) is 0 Å². The Hall–Kier alpha value is -4.53. The van der Waals surface area contributed by atoms with Gasteiger partial charge in [-0.05, 0) is 43.4 Å². The summed E-state index contributed by atoms with van der Waals surface area (Å²) in [6, 6.07) is 16.7. The average Bonchev–Trinajstić information content (AvgIpc) is 3.32. The second kappa shape index (κ2) is 9.50. The Kier molecular flexibility index (Phi) is 5.88. The van der Waals surface area contributed by atoms with Gasteiger partial charge < -0.3 is 10.1 Å². The van der Waals surface area contributed by atoms with Crippen LogP contribution in [0.5, 0.6) is 11.6 Å². The van der Waals surface area contributed by atoms with E-state index in [1.165, 1.54) is 0 Å². The van der Waals surface area contributed by atoms with E-state index in [9.17, 15) is 9.59 Å². The zero-order chi connectivity index (χ0) is 25.4. The zero-order valence-corrected chi connectivity index (χ0v) is 20.3. The molecule has 4 aromatic heterocycles. The van der Waals surface area contributed by atoms with Crippen LogP contribution < -0.4 is 15.6 Å². The number of H-pyrrole nitrogens is 1. The normalized spacial score (nSPS) is 17.9. The molecule has 9 nitrogen and oxygen atoms in total. The highest BCUT2D eigenvalue weighted by atomic mass is 16.5. The number of hydrogen-bond acceptors (Lipinski definition) is 6. The van der Waals surface area contributed by atoms with Crippen molar-refractivity contribution in [1.29, 1.82) is 0 Å². The molecule has 1 amide bonds. The van der Waals surface area contributed by atoms with Gasteiger partial charge in [-0.3, -0.25) is 14.0 Å². The van der Waals surface area contributed by atoms with Gasteiger partial charge in [0.1, 0.15) is 17.1 Å². The minimum absolute atomic E-state index is 0.127. The summed E-state index contributed by atoms with van der Waals surface area (Å²) in [5, 5.41) is 11.7. The lowest BCUT2D eigenvalue weighted by Gasteiger charge is -2.37. The summed E-state index contributed by atoms with van der Waals surface area (Å²) in [5.74, 6) is 1.64. The molecule has 5 aromatic rings. The minimum Gasteiger partial charge on any atom is -0.439 e. The lowest BCUT2D eigenvalue weighted by molar-refractivity contribution is 0.0877. The quantitative estimate of drug-likeness (QED) is 0.345. The summed E-state index contributed by atoms with van der Waals surface area (Å²) in [6.07, 6.45) is 7.80. The number of ether oxygens (including phenoxy) is 1. The first-order valence-corrected chi connectivity index (χ1v) is 12.4. The van der Waals surface area contributed by atoms with Crippen LogP contribution in [0.25, 0.3) is 16.4 Å². The SMILES string of the molecule is C[C@@H](CC1CC(NC(=O)c2cnc3cc(Oc4ccccn4)ccn23)C1)c1n[nH]c(=O)c2ccccc12. The van der Waals surface area contributed by atoms with Crippen LogP contribution in [0.2, 0.25) is 0 Å². The molecular weight excluding hydrogens is 468 g/mol. The number of nitrogens with one attached hydrogen (secondary N) is 2. The topological polar surface area (TPSA) is 114 Å². The number of benzene rings is 1. The average molecular weight is 495 g/mol. The number of imidazole rings is 1. The van der Waals surface area contributed by atoms with E-state index in [-0.39, 0.29) is 23.4 Å². The fourth-order valence-electron chi connectivity index (χ4n) is 5.15. The maximum atomic E-state index is 13.0. The maximum absolute atomic E-state index is 13.0. The molecule has 0 aliphatic heterocycles. The lowest BCUT2D eigenvalue weighted by atomic mass is 9.74. The summed E-state index contributed by atoms with van der Waals surface area (Å²) in [7, 11) is 0. The Bertz CT molecular complexity index is 1640. The highest BCUT2D eigenvalue weighted by Gasteiger charge is 2.32. The van der Waals surface area contributed by atoms with Gasteiger partial charge in [-0.25, -0.2) is 15.1 Å². The largest absolute Gasteiger partial charge is 0.439 e. The standard InChI is InChI=1S/C28H26N6O3/c1-17(26-21-6-2-3-7-22(21)27(35)33-32-26)12-18-13-19(14-18)31-28(36)23-16-30-24-15-20(9-11-34(23)24)37-25-8-4-5-10-29-25/h2-11,15-19H,12-14H2,1H3,(H,31,36)(H,33,35)/t17-,18?,19?/m0/s1. The van der Waals surface area contributed by atoms with Crippen LogP contribution >= 0.6 is 0 Å². The van der Waals surface area contributed by atoms with Gasteiger partial charge in [-0.15, -0.1) is 0 Å². The molecule has 0 radical (unpaired) electrons. The maximum Gasteiger partial charge on any atom is 0.272 e. The fourth-order valence-corrected chi connectivity index (χ4v) is 5.15. The van der Waals surface area contributed by atoms with Crippen LogP contribution in [0, 0.1) is 5.92 Å². The fraction of sp³-hybridized carbons (Fsp3) is 0.250. The molecule has 186 valence electrons. The predicted octanol–water partition coefficient (Wildman–Crippen LogP) is 4.46. The van der Waals surface area contributed by atoms with Gasteiger partial charge in [-0.2, -0.15) is 5.10 Å². The number of aromatic nitrogens is 5.